The van der Waals surface area contributed by atoms with Crippen molar-refractivity contribution in [2.24, 2.45) is 0 Å². The maximum absolute atomic E-state index is 11.9. The van der Waals surface area contributed by atoms with E-state index in [0.717, 1.165) is 11.4 Å². The summed E-state index contributed by atoms with van der Waals surface area (Å²) >= 11 is 0. The van der Waals surface area contributed by atoms with Crippen LogP contribution in [-0.4, -0.2) is 19.1 Å². The van der Waals surface area contributed by atoms with Gasteiger partial charge >= 0.3 is 0 Å². The van der Waals surface area contributed by atoms with Gasteiger partial charge in [-0.3, -0.25) is 4.79 Å². The molecule has 0 saturated heterocycles. The van der Waals surface area contributed by atoms with Crippen molar-refractivity contribution >= 4 is 17.3 Å². The second-order valence-corrected chi connectivity index (χ2v) is 4.84. The van der Waals surface area contributed by atoms with Gasteiger partial charge < -0.3 is 15.4 Å². The topological polar surface area (TPSA) is 74.2 Å². The van der Waals surface area contributed by atoms with Crippen molar-refractivity contribution in [3.63, 3.8) is 0 Å². The molecule has 23 heavy (non-hydrogen) atoms. The summed E-state index contributed by atoms with van der Waals surface area (Å²) in [6.45, 7) is 3.03. The van der Waals surface area contributed by atoms with Crippen LogP contribution in [0.25, 0.3) is 0 Å². The Morgan fingerprint density at radius 3 is 2.61 bits per heavy atom. The van der Waals surface area contributed by atoms with Crippen LogP contribution in [0.2, 0.25) is 0 Å². The molecule has 0 heterocycles. The van der Waals surface area contributed by atoms with Gasteiger partial charge in [-0.25, -0.2) is 0 Å². The third-order valence-electron chi connectivity index (χ3n) is 3.15. The molecule has 0 fully saturated rings. The van der Waals surface area contributed by atoms with Crippen molar-refractivity contribution in [1.82, 2.24) is 0 Å². The Kier molecular flexibility index (Phi) is 6.01. The molecule has 1 amide bonds. The molecule has 2 aromatic rings. The number of nitriles is 1. The first kappa shape index (κ1) is 16.4. The molecular weight excluding hydrogens is 290 g/mol. The van der Waals surface area contributed by atoms with Crippen molar-refractivity contribution < 1.29 is 9.53 Å². The normalized spacial score (nSPS) is 9.74. The van der Waals surface area contributed by atoms with Crippen LogP contribution >= 0.6 is 0 Å². The highest BCUT2D eigenvalue weighted by molar-refractivity contribution is 5.91. The fraction of sp³-hybridized carbons (Fsp3) is 0.222. The minimum Gasteiger partial charge on any atom is -0.492 e. The average Bonchev–Trinajstić information content (AvgIpc) is 2.57. The van der Waals surface area contributed by atoms with E-state index in [1.807, 2.05) is 37.3 Å². The first-order chi connectivity index (χ1) is 11.2. The van der Waals surface area contributed by atoms with Gasteiger partial charge in [-0.1, -0.05) is 12.1 Å². The Bertz CT molecular complexity index is 690. The highest BCUT2D eigenvalue weighted by Crippen LogP contribution is 2.23. The molecule has 0 radical (unpaired) electrons. The van der Waals surface area contributed by atoms with Crippen LogP contribution in [0.5, 0.6) is 5.75 Å². The molecule has 0 aliphatic heterocycles. The lowest BCUT2D eigenvalue weighted by atomic mass is 10.2. The van der Waals surface area contributed by atoms with Gasteiger partial charge in [0.05, 0.1) is 23.9 Å². The highest BCUT2D eigenvalue weighted by Gasteiger charge is 2.05. The van der Waals surface area contributed by atoms with Crippen molar-refractivity contribution in [3.8, 4) is 11.8 Å². The van der Waals surface area contributed by atoms with Gasteiger partial charge in [-0.05, 0) is 43.3 Å². The van der Waals surface area contributed by atoms with Crippen molar-refractivity contribution in [3.05, 3.63) is 54.1 Å². The number of nitrogens with zero attached hydrogens (tertiary/aromatic N) is 1. The first-order valence-electron chi connectivity index (χ1n) is 7.48. The number of amides is 1. The standard InChI is InChI=1S/C18H19N3O2/c1-2-23-17-6-4-3-5-16(17)20-12-11-18(22)21-15-9-7-14(13-19)8-10-15/h3-10,20H,2,11-12H2,1H3,(H,21,22). The molecule has 0 saturated carbocycles. The third-order valence-corrected chi connectivity index (χ3v) is 3.15. The molecule has 2 aromatic carbocycles. The van der Waals surface area contributed by atoms with Crippen LogP contribution in [0.4, 0.5) is 11.4 Å². The number of nitrogens with one attached hydrogen (secondary N) is 2. The second-order valence-electron chi connectivity index (χ2n) is 4.84. The van der Waals surface area contributed by atoms with Gasteiger partial charge in [0.2, 0.25) is 5.91 Å². The Balaban J connectivity index is 1.81. The van der Waals surface area contributed by atoms with Crippen LogP contribution in [0.3, 0.4) is 0 Å². The molecule has 0 aliphatic rings. The first-order valence-corrected chi connectivity index (χ1v) is 7.48. The van der Waals surface area contributed by atoms with Crippen LogP contribution < -0.4 is 15.4 Å². The number of rotatable bonds is 7. The van der Waals surface area contributed by atoms with Gasteiger partial charge in [0, 0.05) is 18.7 Å². The lowest BCUT2D eigenvalue weighted by Gasteiger charge is -2.12. The molecule has 5 heteroatoms. The number of benzene rings is 2. The molecule has 0 unspecified atom stereocenters. The fourth-order valence-corrected chi connectivity index (χ4v) is 2.06. The Labute approximate surface area is 135 Å². The van der Waals surface area contributed by atoms with E-state index in [9.17, 15) is 4.79 Å². The maximum Gasteiger partial charge on any atom is 0.226 e. The van der Waals surface area contributed by atoms with Gasteiger partial charge in [0.1, 0.15) is 5.75 Å². The lowest BCUT2D eigenvalue weighted by molar-refractivity contribution is -0.115. The monoisotopic (exact) mass is 309 g/mol. The minimum atomic E-state index is -0.0869. The molecular formula is C18H19N3O2. The van der Waals surface area contributed by atoms with Crippen molar-refractivity contribution in [2.75, 3.05) is 23.8 Å². The van der Waals surface area contributed by atoms with E-state index in [2.05, 4.69) is 10.6 Å². The predicted molar refractivity (Wildman–Crippen MR) is 90.5 cm³/mol. The van der Waals surface area contributed by atoms with Gasteiger partial charge in [0.15, 0.2) is 0 Å². The second kappa shape index (κ2) is 8.44. The number of ether oxygens (including phenoxy) is 1. The quantitative estimate of drug-likeness (QED) is 0.822. The van der Waals surface area contributed by atoms with Crippen LogP contribution in [-0.2, 0) is 4.79 Å². The van der Waals surface area contributed by atoms with Gasteiger partial charge in [0.25, 0.3) is 0 Å². The zero-order valence-corrected chi connectivity index (χ0v) is 13.0. The van der Waals surface area contributed by atoms with E-state index >= 15 is 0 Å². The van der Waals surface area contributed by atoms with E-state index < -0.39 is 0 Å². The maximum atomic E-state index is 11.9. The van der Waals surface area contributed by atoms with Gasteiger partial charge in [-0.2, -0.15) is 5.26 Å². The third kappa shape index (κ3) is 5.04. The number of anilines is 2. The average molecular weight is 309 g/mol. The molecule has 118 valence electrons. The molecule has 2 N–H and O–H groups in total. The van der Waals surface area contributed by atoms with Gasteiger partial charge in [-0.15, -0.1) is 0 Å². The summed E-state index contributed by atoms with van der Waals surface area (Å²) in [6.07, 6.45) is 0.334. The summed E-state index contributed by atoms with van der Waals surface area (Å²) in [4.78, 5) is 11.9. The number of carbonyl (C=O) groups is 1. The van der Waals surface area contributed by atoms with E-state index in [1.54, 1.807) is 24.3 Å². The zero-order chi connectivity index (χ0) is 16.5. The SMILES string of the molecule is CCOc1ccccc1NCCC(=O)Nc1ccc(C#N)cc1. The van der Waals surface area contributed by atoms with Crippen molar-refractivity contribution in [1.29, 1.82) is 5.26 Å². The Hall–Kier alpha value is -3.00. The highest BCUT2D eigenvalue weighted by atomic mass is 16.5. The molecule has 0 atom stereocenters. The van der Waals surface area contributed by atoms with Crippen LogP contribution in [0, 0.1) is 11.3 Å². The predicted octanol–water partition coefficient (Wildman–Crippen LogP) is 3.40. The number of hydrogen-bond acceptors (Lipinski definition) is 4. The smallest absolute Gasteiger partial charge is 0.226 e. The molecule has 2 rings (SSSR count). The lowest BCUT2D eigenvalue weighted by Crippen LogP contribution is -2.16. The fourth-order valence-electron chi connectivity index (χ4n) is 2.06. The van der Waals surface area contributed by atoms with E-state index in [0.29, 0.717) is 30.8 Å². The van der Waals surface area contributed by atoms with Crippen LogP contribution in [0.15, 0.2) is 48.5 Å². The number of para-hydroxylation sites is 2. The zero-order valence-electron chi connectivity index (χ0n) is 13.0. The molecule has 0 aromatic heterocycles. The summed E-state index contributed by atoms with van der Waals surface area (Å²) in [6, 6.07) is 16.5. The van der Waals surface area contributed by atoms with Crippen LogP contribution in [0.1, 0.15) is 18.9 Å². The summed E-state index contributed by atoms with van der Waals surface area (Å²) in [5, 5.41) is 14.7. The van der Waals surface area contributed by atoms with Crippen molar-refractivity contribution in [2.45, 2.75) is 13.3 Å². The van der Waals surface area contributed by atoms with E-state index in [1.165, 1.54) is 0 Å². The summed E-state index contributed by atoms with van der Waals surface area (Å²) in [7, 11) is 0. The number of hydrogen-bond donors (Lipinski definition) is 2. The molecule has 0 spiro atoms. The minimum absolute atomic E-state index is 0.0869. The molecule has 0 aliphatic carbocycles. The van der Waals surface area contributed by atoms with E-state index in [-0.39, 0.29) is 5.91 Å². The molecule has 0 bridgehead atoms. The molecule has 5 nitrogen and oxygen atoms in total. The Morgan fingerprint density at radius 2 is 1.91 bits per heavy atom. The Morgan fingerprint density at radius 1 is 1.17 bits per heavy atom. The largest absolute Gasteiger partial charge is 0.492 e. The summed E-state index contributed by atoms with van der Waals surface area (Å²) < 4.78 is 5.52. The number of carbonyl (C=O) groups excluding carboxylic acids is 1. The summed E-state index contributed by atoms with van der Waals surface area (Å²) in [5.41, 5.74) is 2.13. The van der Waals surface area contributed by atoms with E-state index in [4.69, 9.17) is 10.00 Å². The summed E-state index contributed by atoms with van der Waals surface area (Å²) in [5.74, 6) is 0.693.